The molecule has 0 aromatic carbocycles. The van der Waals surface area contributed by atoms with E-state index in [9.17, 15) is 4.79 Å². The SMILES string of the molecule is Cc1nn(C)c(C)c1CCNC(=O)CC(C)C. The zero-order valence-corrected chi connectivity index (χ0v) is 11.5. The quantitative estimate of drug-likeness (QED) is 0.848. The molecule has 1 N–H and O–H groups in total. The minimum Gasteiger partial charge on any atom is -0.356 e. The Morgan fingerprint density at radius 2 is 2.06 bits per heavy atom. The van der Waals surface area contributed by atoms with Crippen LogP contribution in [0.25, 0.3) is 0 Å². The summed E-state index contributed by atoms with van der Waals surface area (Å²) in [4.78, 5) is 11.5. The van der Waals surface area contributed by atoms with Crippen molar-refractivity contribution < 1.29 is 4.79 Å². The van der Waals surface area contributed by atoms with E-state index in [0.29, 0.717) is 18.9 Å². The highest BCUT2D eigenvalue weighted by Gasteiger charge is 2.09. The van der Waals surface area contributed by atoms with E-state index in [4.69, 9.17) is 0 Å². The Kier molecular flexibility index (Phi) is 4.73. The Labute approximate surface area is 103 Å². The molecule has 0 bridgehead atoms. The van der Waals surface area contributed by atoms with Gasteiger partial charge < -0.3 is 5.32 Å². The summed E-state index contributed by atoms with van der Waals surface area (Å²) in [5, 5.41) is 7.31. The summed E-state index contributed by atoms with van der Waals surface area (Å²) >= 11 is 0. The van der Waals surface area contributed by atoms with Crippen molar-refractivity contribution in [1.82, 2.24) is 15.1 Å². The second kappa shape index (κ2) is 5.84. The fourth-order valence-electron chi connectivity index (χ4n) is 1.95. The molecule has 1 heterocycles. The van der Waals surface area contributed by atoms with Crippen LogP contribution in [-0.2, 0) is 18.3 Å². The number of rotatable bonds is 5. The molecule has 0 unspecified atom stereocenters. The molecule has 0 radical (unpaired) electrons. The van der Waals surface area contributed by atoms with Crippen molar-refractivity contribution in [2.75, 3.05) is 6.54 Å². The first-order valence-corrected chi connectivity index (χ1v) is 6.17. The molecule has 0 spiro atoms. The molecular formula is C13H23N3O. The van der Waals surface area contributed by atoms with Crippen LogP contribution in [0, 0.1) is 19.8 Å². The van der Waals surface area contributed by atoms with Crippen molar-refractivity contribution in [3.05, 3.63) is 17.0 Å². The average Bonchev–Trinajstić information content (AvgIpc) is 2.43. The minimum absolute atomic E-state index is 0.138. The van der Waals surface area contributed by atoms with Gasteiger partial charge in [0.25, 0.3) is 0 Å². The highest BCUT2D eigenvalue weighted by molar-refractivity contribution is 5.76. The van der Waals surface area contributed by atoms with Crippen LogP contribution in [0.3, 0.4) is 0 Å². The molecule has 1 aromatic heterocycles. The molecule has 0 aliphatic heterocycles. The molecular weight excluding hydrogens is 214 g/mol. The number of carbonyl (C=O) groups excluding carboxylic acids is 1. The first kappa shape index (κ1) is 13.7. The number of hydrogen-bond acceptors (Lipinski definition) is 2. The lowest BCUT2D eigenvalue weighted by molar-refractivity contribution is -0.121. The summed E-state index contributed by atoms with van der Waals surface area (Å²) in [6, 6.07) is 0. The van der Waals surface area contributed by atoms with Crippen molar-refractivity contribution in [2.45, 2.75) is 40.5 Å². The van der Waals surface area contributed by atoms with Gasteiger partial charge in [-0.3, -0.25) is 9.48 Å². The van der Waals surface area contributed by atoms with E-state index in [1.807, 2.05) is 18.7 Å². The lowest BCUT2D eigenvalue weighted by Crippen LogP contribution is -2.26. The van der Waals surface area contributed by atoms with E-state index >= 15 is 0 Å². The van der Waals surface area contributed by atoms with Gasteiger partial charge in [-0.2, -0.15) is 5.10 Å². The predicted octanol–water partition coefficient (Wildman–Crippen LogP) is 1.74. The van der Waals surface area contributed by atoms with Crippen molar-refractivity contribution in [2.24, 2.45) is 13.0 Å². The van der Waals surface area contributed by atoms with Crippen molar-refractivity contribution in [3.8, 4) is 0 Å². The lowest BCUT2D eigenvalue weighted by Gasteiger charge is -2.07. The van der Waals surface area contributed by atoms with Gasteiger partial charge in [-0.15, -0.1) is 0 Å². The minimum atomic E-state index is 0.138. The lowest BCUT2D eigenvalue weighted by atomic mass is 10.1. The molecule has 1 aromatic rings. The van der Waals surface area contributed by atoms with Crippen LogP contribution < -0.4 is 5.32 Å². The van der Waals surface area contributed by atoms with Crippen molar-refractivity contribution in [3.63, 3.8) is 0 Å². The van der Waals surface area contributed by atoms with E-state index in [1.54, 1.807) is 0 Å². The molecule has 4 heteroatoms. The Bertz CT molecular complexity index is 394. The molecule has 4 nitrogen and oxygen atoms in total. The number of amides is 1. The van der Waals surface area contributed by atoms with Gasteiger partial charge in [0.2, 0.25) is 5.91 Å². The molecule has 0 fully saturated rings. The number of aromatic nitrogens is 2. The molecule has 17 heavy (non-hydrogen) atoms. The Morgan fingerprint density at radius 1 is 1.41 bits per heavy atom. The molecule has 1 rings (SSSR count). The van der Waals surface area contributed by atoms with Gasteiger partial charge in [-0.05, 0) is 31.7 Å². The number of nitrogens with one attached hydrogen (secondary N) is 1. The van der Waals surface area contributed by atoms with Gasteiger partial charge >= 0.3 is 0 Å². The number of nitrogens with zero attached hydrogens (tertiary/aromatic N) is 2. The van der Waals surface area contributed by atoms with Gasteiger partial charge in [-0.25, -0.2) is 0 Å². The third-order valence-corrected chi connectivity index (χ3v) is 2.95. The van der Waals surface area contributed by atoms with E-state index in [2.05, 4.69) is 31.2 Å². The fraction of sp³-hybridized carbons (Fsp3) is 0.692. The van der Waals surface area contributed by atoms with Crippen LogP contribution in [0.1, 0.15) is 37.2 Å². The van der Waals surface area contributed by atoms with Gasteiger partial charge in [0, 0.05) is 25.7 Å². The van der Waals surface area contributed by atoms with Crippen LogP contribution in [-0.4, -0.2) is 22.2 Å². The summed E-state index contributed by atoms with van der Waals surface area (Å²) < 4.78 is 1.89. The monoisotopic (exact) mass is 237 g/mol. The Balaban J connectivity index is 2.43. The van der Waals surface area contributed by atoms with Gasteiger partial charge in [0.05, 0.1) is 5.69 Å². The van der Waals surface area contributed by atoms with E-state index < -0.39 is 0 Å². The summed E-state index contributed by atoms with van der Waals surface area (Å²) in [6.07, 6.45) is 1.46. The maximum atomic E-state index is 11.5. The van der Waals surface area contributed by atoms with E-state index in [-0.39, 0.29) is 5.91 Å². The van der Waals surface area contributed by atoms with Crippen LogP contribution in [0.2, 0.25) is 0 Å². The van der Waals surface area contributed by atoms with Crippen LogP contribution in [0.5, 0.6) is 0 Å². The molecule has 0 saturated heterocycles. The van der Waals surface area contributed by atoms with Crippen molar-refractivity contribution in [1.29, 1.82) is 0 Å². The number of aryl methyl sites for hydroxylation is 2. The maximum Gasteiger partial charge on any atom is 0.220 e. The smallest absolute Gasteiger partial charge is 0.220 e. The van der Waals surface area contributed by atoms with E-state index in [0.717, 1.165) is 12.1 Å². The van der Waals surface area contributed by atoms with Crippen LogP contribution in [0.15, 0.2) is 0 Å². The number of carbonyl (C=O) groups is 1. The summed E-state index contributed by atoms with van der Waals surface area (Å²) in [6.45, 7) is 8.87. The Morgan fingerprint density at radius 3 is 2.53 bits per heavy atom. The predicted molar refractivity (Wildman–Crippen MR) is 68.9 cm³/mol. The maximum absolute atomic E-state index is 11.5. The van der Waals surface area contributed by atoms with Crippen LogP contribution >= 0.6 is 0 Å². The second-order valence-electron chi connectivity index (χ2n) is 4.97. The third-order valence-electron chi connectivity index (χ3n) is 2.95. The molecule has 0 saturated carbocycles. The average molecular weight is 237 g/mol. The highest BCUT2D eigenvalue weighted by Crippen LogP contribution is 2.11. The summed E-state index contributed by atoms with van der Waals surface area (Å²) in [5.41, 5.74) is 3.49. The second-order valence-corrected chi connectivity index (χ2v) is 4.97. The van der Waals surface area contributed by atoms with Crippen molar-refractivity contribution >= 4 is 5.91 Å². The first-order chi connectivity index (χ1) is 7.91. The summed E-state index contributed by atoms with van der Waals surface area (Å²) in [5.74, 6) is 0.552. The topological polar surface area (TPSA) is 46.9 Å². The largest absolute Gasteiger partial charge is 0.356 e. The molecule has 0 aliphatic rings. The van der Waals surface area contributed by atoms with Gasteiger partial charge in [-0.1, -0.05) is 13.8 Å². The third kappa shape index (κ3) is 3.88. The first-order valence-electron chi connectivity index (χ1n) is 6.17. The Hall–Kier alpha value is -1.32. The number of hydrogen-bond donors (Lipinski definition) is 1. The summed E-state index contributed by atoms with van der Waals surface area (Å²) in [7, 11) is 1.95. The molecule has 0 atom stereocenters. The zero-order chi connectivity index (χ0) is 13.0. The molecule has 0 aliphatic carbocycles. The van der Waals surface area contributed by atoms with Gasteiger partial charge in [0.1, 0.15) is 0 Å². The van der Waals surface area contributed by atoms with Gasteiger partial charge in [0.15, 0.2) is 0 Å². The van der Waals surface area contributed by atoms with E-state index in [1.165, 1.54) is 11.3 Å². The molecule has 96 valence electrons. The standard InChI is InChI=1S/C13H23N3O/c1-9(2)8-13(17)14-7-6-12-10(3)15-16(5)11(12)4/h9H,6-8H2,1-5H3,(H,14,17). The molecule has 1 amide bonds. The zero-order valence-electron chi connectivity index (χ0n) is 11.5. The van der Waals surface area contributed by atoms with Crippen LogP contribution in [0.4, 0.5) is 0 Å². The highest BCUT2D eigenvalue weighted by atomic mass is 16.1. The normalized spacial score (nSPS) is 10.9. The fourth-order valence-corrected chi connectivity index (χ4v) is 1.95.